The number of hydrogen-bond acceptors (Lipinski definition) is 19. The topological polar surface area (TPSA) is 374 Å². The summed E-state index contributed by atoms with van der Waals surface area (Å²) in [5.41, 5.74) is 0.530. The molecule has 0 spiro atoms. The molecule has 0 aromatic heterocycles. The van der Waals surface area contributed by atoms with Gasteiger partial charge >= 0.3 is 5.97 Å². The van der Waals surface area contributed by atoms with Crippen molar-refractivity contribution in [2.75, 3.05) is 104 Å². The smallest absolute Gasteiger partial charge is 0.303 e. The average molecular weight is 1300 g/mol. The summed E-state index contributed by atoms with van der Waals surface area (Å²) in [6.07, 6.45) is 13.0. The maximum Gasteiger partial charge on any atom is 0.303 e. The van der Waals surface area contributed by atoms with Crippen LogP contribution in [0.3, 0.4) is 0 Å². The predicted molar refractivity (Wildman–Crippen MR) is 316 cm³/mol. The van der Waals surface area contributed by atoms with Crippen molar-refractivity contribution in [3.63, 3.8) is 0 Å². The van der Waals surface area contributed by atoms with Gasteiger partial charge in [-0.15, -0.1) is 0 Å². The summed E-state index contributed by atoms with van der Waals surface area (Å²) in [4.78, 5) is 9.90. The lowest BCUT2D eigenvalue weighted by Gasteiger charge is -2.27. The van der Waals surface area contributed by atoms with Crippen molar-refractivity contribution in [2.24, 2.45) is 0 Å². The van der Waals surface area contributed by atoms with Crippen molar-refractivity contribution in [3.05, 3.63) is 108 Å². The molecule has 1 atom stereocenters. The van der Waals surface area contributed by atoms with Gasteiger partial charge in [0.15, 0.2) is 12.3 Å². The zero-order valence-corrected chi connectivity index (χ0v) is 51.9. The van der Waals surface area contributed by atoms with Gasteiger partial charge < -0.3 is 43.0 Å². The molecule has 25 nitrogen and oxygen atoms in total. The van der Waals surface area contributed by atoms with Gasteiger partial charge in [0.25, 0.3) is 40.5 Å². The molecular weight excluding hydrogens is 1230 g/mol. The Hall–Kier alpha value is -5.39. The van der Waals surface area contributed by atoms with Crippen molar-refractivity contribution in [3.8, 4) is 0 Å². The molecule has 6 rings (SSSR count). The van der Waals surface area contributed by atoms with Crippen LogP contribution >= 0.6 is 0 Å². The first kappa shape index (κ1) is 69.7. The van der Waals surface area contributed by atoms with Crippen LogP contribution in [-0.2, 0) is 94.6 Å². The Morgan fingerprint density at radius 3 is 1.64 bits per heavy atom. The highest BCUT2D eigenvalue weighted by Gasteiger charge is 2.49. The second kappa shape index (κ2) is 29.7. The molecule has 0 saturated carbocycles. The molecule has 2 aliphatic heterocycles. The lowest BCUT2D eigenvalue weighted by Crippen LogP contribution is -2.33. The number of nitrogens with zero attached hydrogens (tertiary/aromatic N) is 2. The molecule has 86 heavy (non-hydrogen) atoms. The van der Waals surface area contributed by atoms with Gasteiger partial charge in [-0.2, -0.15) is 38.2 Å². The zero-order chi connectivity index (χ0) is 63.3. The van der Waals surface area contributed by atoms with E-state index in [1.807, 2.05) is 23.3 Å². The minimum absolute atomic E-state index is 0.0105. The van der Waals surface area contributed by atoms with E-state index in [0.29, 0.717) is 118 Å². The minimum atomic E-state index is -5.26. The van der Waals surface area contributed by atoms with Gasteiger partial charge in [-0.05, 0) is 96.8 Å². The average Bonchev–Trinajstić information content (AvgIpc) is 1.52. The van der Waals surface area contributed by atoms with Crippen LogP contribution in [0.15, 0.2) is 116 Å². The lowest BCUT2D eigenvalue weighted by atomic mass is 9.74. The molecule has 2 heterocycles. The van der Waals surface area contributed by atoms with Crippen LogP contribution in [0.25, 0.3) is 21.5 Å². The number of carbonyl (C=O) groups is 1. The molecule has 0 amide bonds. The molecule has 4 aromatic carbocycles. The van der Waals surface area contributed by atoms with E-state index in [9.17, 15) is 74.8 Å². The number of carboxylic acids is 1. The SMILES string of the molecule is COCCOCCOCCOCCOCCOCC[N+]1=C(/C=C/C=C/C=C/C=C2/N(CCCCCC(=O)O)c3ccc4c(S(=O)(=O)[O-])cc(S(=O)(=O)O)cc4c3C2(C)C)C(C)(CCCS(=O)(=O)O)c2c1ccc1c(S(=O)(=O)O)cc(S(=O)(=O)O)cc21. The summed E-state index contributed by atoms with van der Waals surface area (Å²) < 4.78 is 213. The third-order valence-electron chi connectivity index (χ3n) is 14.5. The summed E-state index contributed by atoms with van der Waals surface area (Å²) in [5, 5.41) is 9.14. The third-order valence-corrected chi connectivity index (χ3v) is 18.7. The number of benzene rings is 4. The first-order chi connectivity index (χ1) is 40.3. The Morgan fingerprint density at radius 2 is 1.10 bits per heavy atom. The van der Waals surface area contributed by atoms with Gasteiger partial charge in [-0.1, -0.05) is 56.7 Å². The second-order valence-electron chi connectivity index (χ2n) is 20.8. The van der Waals surface area contributed by atoms with E-state index in [0.717, 1.165) is 12.1 Å². The van der Waals surface area contributed by atoms with E-state index in [-0.39, 0.29) is 73.8 Å². The van der Waals surface area contributed by atoms with Gasteiger partial charge in [0, 0.05) is 60.0 Å². The number of unbranched alkanes of at least 4 members (excludes halogenated alkanes) is 2. The number of allylic oxidation sites excluding steroid dienone is 8. The highest BCUT2D eigenvalue weighted by atomic mass is 32.2. The Labute approximate surface area is 501 Å². The normalized spacial score (nSPS) is 17.2. The van der Waals surface area contributed by atoms with Crippen molar-refractivity contribution >= 4 is 95.2 Å². The summed E-state index contributed by atoms with van der Waals surface area (Å²) in [6.45, 7) is 9.26. The van der Waals surface area contributed by atoms with Crippen LogP contribution < -0.4 is 4.90 Å². The van der Waals surface area contributed by atoms with Crippen LogP contribution in [0.1, 0.15) is 70.4 Å². The van der Waals surface area contributed by atoms with Crippen LogP contribution in [0.5, 0.6) is 0 Å². The highest BCUT2D eigenvalue weighted by Crippen LogP contribution is 2.52. The van der Waals surface area contributed by atoms with Crippen LogP contribution in [-0.4, -0.2) is 185 Å². The highest BCUT2D eigenvalue weighted by molar-refractivity contribution is 7.87. The molecule has 0 fully saturated rings. The molecule has 474 valence electrons. The molecule has 0 saturated heterocycles. The first-order valence-electron chi connectivity index (χ1n) is 27.1. The predicted octanol–water partition coefficient (Wildman–Crippen LogP) is 6.39. The van der Waals surface area contributed by atoms with Crippen molar-refractivity contribution < 1.29 is 108 Å². The summed E-state index contributed by atoms with van der Waals surface area (Å²) in [7, 11) is -23.4. The molecule has 0 aliphatic carbocycles. The molecular formula is C56H72N2O23S5. The molecule has 2 aliphatic rings. The summed E-state index contributed by atoms with van der Waals surface area (Å²) in [5.74, 6) is -1.64. The number of fused-ring (bicyclic) bond motifs is 6. The zero-order valence-electron chi connectivity index (χ0n) is 47.8. The third kappa shape index (κ3) is 18.1. The van der Waals surface area contributed by atoms with Crippen LogP contribution in [0.2, 0.25) is 0 Å². The molecule has 4 aromatic rings. The second-order valence-corrected chi connectivity index (χ2v) is 28.0. The van der Waals surface area contributed by atoms with Crippen molar-refractivity contribution in [2.45, 2.75) is 89.7 Å². The lowest BCUT2D eigenvalue weighted by molar-refractivity contribution is -0.442. The van der Waals surface area contributed by atoms with E-state index in [1.165, 1.54) is 12.1 Å². The molecule has 1 unspecified atom stereocenters. The number of carboxylic acid groups (broad SMARTS) is 1. The maximum atomic E-state index is 12.8. The van der Waals surface area contributed by atoms with Gasteiger partial charge in [-0.3, -0.25) is 23.0 Å². The van der Waals surface area contributed by atoms with Crippen molar-refractivity contribution in [1.29, 1.82) is 0 Å². The monoisotopic (exact) mass is 1300 g/mol. The summed E-state index contributed by atoms with van der Waals surface area (Å²) in [6, 6.07) is 9.34. The Balaban J connectivity index is 1.33. The number of aliphatic carboxylic acids is 1. The number of hydrogen-bond donors (Lipinski definition) is 5. The Kier molecular flexibility index (Phi) is 24.1. The van der Waals surface area contributed by atoms with E-state index < -0.39 is 92.7 Å². The fraction of sp³-hybridized carbons (Fsp3) is 0.464. The quantitative estimate of drug-likeness (QED) is 0.0142. The minimum Gasteiger partial charge on any atom is -0.744 e. The van der Waals surface area contributed by atoms with E-state index in [4.69, 9.17) is 28.4 Å². The Bertz CT molecular complexity index is 3880. The molecule has 5 N–H and O–H groups in total. The van der Waals surface area contributed by atoms with Gasteiger partial charge in [0.05, 0.1) is 91.9 Å². The number of anilines is 1. The van der Waals surface area contributed by atoms with E-state index in [1.54, 1.807) is 68.7 Å². The Morgan fingerprint density at radius 1 is 0.593 bits per heavy atom. The maximum absolute atomic E-state index is 12.8. The van der Waals surface area contributed by atoms with Crippen molar-refractivity contribution in [1.82, 2.24) is 0 Å². The number of rotatable bonds is 36. The van der Waals surface area contributed by atoms with Gasteiger partial charge in [0.2, 0.25) is 5.69 Å². The van der Waals surface area contributed by atoms with Crippen LogP contribution in [0.4, 0.5) is 11.4 Å². The van der Waals surface area contributed by atoms with E-state index in [2.05, 4.69) is 0 Å². The molecule has 0 radical (unpaired) electrons. The van der Waals surface area contributed by atoms with Crippen LogP contribution in [0, 0.1) is 0 Å². The first-order valence-corrected chi connectivity index (χ1v) is 34.5. The standard InChI is InChI=1S/C56H72N2O23S5/c1-55(2)50(57(22-12-8-11-16-52(59)60)46-19-17-42-44(53(46)55)36-40(83(64,65)66)38-48(42)85(70,71)72)14-9-6-5-7-10-15-51-56(3,21-13-35-82(61,62)63)54-45-37-41(84(67,68)69)39-49(86(73,74)75)43(45)18-20-47(54)58(51)23-24-77-27-28-79-31-32-81-34-33-80-30-29-78-26-25-76-4/h5-7,9-10,14-15,17-20,36-39H,8,11-13,16,21-35H2,1-4H3,(H5-,59,60,61,62,63,64,65,66,67,68,69,70,71,72,73,74,75). The van der Waals surface area contributed by atoms with Gasteiger partial charge in [0.1, 0.15) is 21.6 Å². The largest absolute Gasteiger partial charge is 0.744 e. The van der Waals surface area contributed by atoms with E-state index >= 15 is 0 Å². The fourth-order valence-corrected chi connectivity index (χ4v) is 13.9. The molecule has 30 heteroatoms. The number of methoxy groups -OCH3 is 1. The number of ether oxygens (including phenoxy) is 6. The van der Waals surface area contributed by atoms with Gasteiger partial charge in [-0.25, -0.2) is 8.42 Å². The molecule has 0 bridgehead atoms. The fourth-order valence-electron chi connectivity index (χ4n) is 10.7. The summed E-state index contributed by atoms with van der Waals surface area (Å²) >= 11 is 0.